The molecule has 1 aliphatic rings. The predicted molar refractivity (Wildman–Crippen MR) is 31.0 cm³/mol. The van der Waals surface area contributed by atoms with E-state index in [2.05, 4.69) is 10.3 Å². The van der Waals surface area contributed by atoms with Crippen LogP contribution >= 0.6 is 0 Å². The number of methoxy groups -OCH3 is 1. The molecule has 0 aromatic carbocycles. The van der Waals surface area contributed by atoms with Gasteiger partial charge in [-0.25, -0.2) is 0 Å². The minimum absolute atomic E-state index is 0.674. The van der Waals surface area contributed by atoms with Gasteiger partial charge in [-0.3, -0.25) is 4.99 Å². The van der Waals surface area contributed by atoms with E-state index in [1.807, 2.05) is 0 Å². The molecule has 43 valence electrons. The second kappa shape index (κ2) is 2.47. The van der Waals surface area contributed by atoms with Crippen LogP contribution in [0.1, 0.15) is 0 Å². The molecular weight excluding hydrogens is 104 g/mol. The Morgan fingerprint density at radius 2 is 2.62 bits per heavy atom. The summed E-state index contributed by atoms with van der Waals surface area (Å²) in [5.41, 5.74) is 0. The van der Waals surface area contributed by atoms with Crippen molar-refractivity contribution in [1.29, 1.82) is 0 Å². The van der Waals surface area contributed by atoms with Crippen molar-refractivity contribution in [1.82, 2.24) is 5.32 Å². The first-order chi connectivity index (χ1) is 3.93. The van der Waals surface area contributed by atoms with Gasteiger partial charge in [0.1, 0.15) is 0 Å². The molecule has 3 heteroatoms. The summed E-state index contributed by atoms with van der Waals surface area (Å²) in [5.74, 6) is 0. The molecule has 0 atom stereocenters. The molecular formula is C5H7N2O. The van der Waals surface area contributed by atoms with Crippen LogP contribution in [0.4, 0.5) is 0 Å². The number of hydrogen-bond acceptors (Lipinski definition) is 3. The lowest BCUT2D eigenvalue weighted by Crippen LogP contribution is -2.19. The van der Waals surface area contributed by atoms with Crippen LogP contribution in [0.3, 0.4) is 0 Å². The van der Waals surface area contributed by atoms with Crippen molar-refractivity contribution in [2.24, 2.45) is 4.99 Å². The molecule has 0 spiro atoms. The van der Waals surface area contributed by atoms with Crippen molar-refractivity contribution in [3.8, 4) is 0 Å². The first-order valence-electron chi connectivity index (χ1n) is 2.29. The van der Waals surface area contributed by atoms with Crippen LogP contribution in [-0.2, 0) is 4.74 Å². The highest BCUT2D eigenvalue weighted by Crippen LogP contribution is 1.94. The summed E-state index contributed by atoms with van der Waals surface area (Å²) in [6.45, 7) is 0. The molecule has 0 unspecified atom stereocenters. The highest BCUT2D eigenvalue weighted by Gasteiger charge is 2.01. The third-order valence-corrected chi connectivity index (χ3v) is 0.798. The minimum atomic E-state index is 0.674. The Balaban J connectivity index is 2.40. The van der Waals surface area contributed by atoms with Crippen molar-refractivity contribution in [2.45, 2.75) is 0 Å². The van der Waals surface area contributed by atoms with E-state index in [0.29, 0.717) is 6.23 Å². The Hall–Kier alpha value is -0.830. The quantitative estimate of drug-likeness (QED) is 0.526. The number of rotatable bonds is 1. The second-order valence-electron chi connectivity index (χ2n) is 1.31. The van der Waals surface area contributed by atoms with Crippen molar-refractivity contribution in [3.63, 3.8) is 0 Å². The Morgan fingerprint density at radius 1 is 1.75 bits per heavy atom. The Kier molecular flexibility index (Phi) is 1.64. The van der Waals surface area contributed by atoms with Gasteiger partial charge in [0.05, 0.1) is 6.21 Å². The lowest BCUT2D eigenvalue weighted by atomic mass is 10.5. The third kappa shape index (κ3) is 1.07. The number of nitrogens with zero attached hydrogens (tertiary/aromatic N) is 1. The molecule has 0 aromatic heterocycles. The normalized spacial score (nSPS) is 18.6. The molecule has 8 heavy (non-hydrogen) atoms. The van der Waals surface area contributed by atoms with E-state index < -0.39 is 0 Å². The molecule has 0 bridgehead atoms. The first-order valence-corrected chi connectivity index (χ1v) is 2.29. The van der Waals surface area contributed by atoms with Crippen LogP contribution in [0.2, 0.25) is 0 Å². The van der Waals surface area contributed by atoms with E-state index in [0.717, 1.165) is 0 Å². The van der Waals surface area contributed by atoms with Gasteiger partial charge in [-0.1, -0.05) is 0 Å². The zero-order chi connectivity index (χ0) is 5.82. The third-order valence-electron chi connectivity index (χ3n) is 0.798. The summed E-state index contributed by atoms with van der Waals surface area (Å²) in [6.07, 6.45) is 5.65. The van der Waals surface area contributed by atoms with E-state index in [4.69, 9.17) is 4.74 Å². The monoisotopic (exact) mass is 111 g/mol. The minimum Gasteiger partial charge on any atom is -0.353 e. The van der Waals surface area contributed by atoms with Crippen molar-refractivity contribution >= 4 is 6.21 Å². The van der Waals surface area contributed by atoms with Crippen LogP contribution in [0.25, 0.3) is 0 Å². The van der Waals surface area contributed by atoms with Crippen LogP contribution in [-0.4, -0.2) is 13.3 Å². The molecule has 1 N–H and O–H groups in total. The maximum Gasteiger partial charge on any atom is 0.229 e. The maximum atomic E-state index is 4.80. The summed E-state index contributed by atoms with van der Waals surface area (Å²) in [5, 5.41) is 2.83. The van der Waals surface area contributed by atoms with Gasteiger partial charge in [0.15, 0.2) is 0 Å². The molecule has 1 heterocycles. The zero-order valence-electron chi connectivity index (χ0n) is 4.59. The first kappa shape index (κ1) is 5.31. The van der Waals surface area contributed by atoms with Gasteiger partial charge in [-0.15, -0.1) is 0 Å². The number of hydrogen-bond donors (Lipinski definition) is 1. The van der Waals surface area contributed by atoms with E-state index >= 15 is 0 Å². The van der Waals surface area contributed by atoms with Gasteiger partial charge < -0.3 is 10.1 Å². The highest BCUT2D eigenvalue weighted by molar-refractivity contribution is 5.72. The molecule has 1 radical (unpaired) electrons. The second-order valence-corrected chi connectivity index (χ2v) is 1.31. The van der Waals surface area contributed by atoms with Crippen LogP contribution in [0, 0.1) is 6.23 Å². The standard InChI is InChI=1S/C5H7N2O/c1-8-5-4-6-2-3-7-5/h2-4,7H,1H3. The highest BCUT2D eigenvalue weighted by atomic mass is 16.5. The van der Waals surface area contributed by atoms with Gasteiger partial charge in [0.25, 0.3) is 0 Å². The van der Waals surface area contributed by atoms with Crippen LogP contribution < -0.4 is 5.32 Å². The average Bonchev–Trinajstić information content (AvgIpc) is 1.90. The molecule has 1 rings (SSSR count). The molecule has 0 aromatic rings. The smallest absolute Gasteiger partial charge is 0.229 e. The molecule has 1 aliphatic heterocycles. The largest absolute Gasteiger partial charge is 0.353 e. The zero-order valence-corrected chi connectivity index (χ0v) is 4.59. The molecule has 0 amide bonds. The summed E-state index contributed by atoms with van der Waals surface area (Å²) in [4.78, 5) is 3.80. The topological polar surface area (TPSA) is 33.6 Å². The van der Waals surface area contributed by atoms with Gasteiger partial charge in [-0.05, 0) is 0 Å². The molecule has 0 aliphatic carbocycles. The number of aliphatic imine (C=N–C) groups is 1. The van der Waals surface area contributed by atoms with E-state index in [-0.39, 0.29) is 0 Å². The lowest BCUT2D eigenvalue weighted by Gasteiger charge is -2.08. The fourth-order valence-corrected chi connectivity index (χ4v) is 0.422. The summed E-state index contributed by atoms with van der Waals surface area (Å²) >= 11 is 0. The van der Waals surface area contributed by atoms with Crippen molar-refractivity contribution < 1.29 is 4.74 Å². The summed E-state index contributed by atoms with van der Waals surface area (Å²) in [7, 11) is 1.59. The predicted octanol–water partition coefficient (Wildman–Crippen LogP) is 0.267. The van der Waals surface area contributed by atoms with Crippen molar-refractivity contribution in [3.05, 3.63) is 18.6 Å². The van der Waals surface area contributed by atoms with Crippen LogP contribution in [0.15, 0.2) is 17.4 Å². The van der Waals surface area contributed by atoms with Crippen LogP contribution in [0.5, 0.6) is 0 Å². The number of ether oxygens (including phenoxy) is 1. The van der Waals surface area contributed by atoms with Gasteiger partial charge in [0, 0.05) is 19.5 Å². The SMILES string of the molecule is CO[C]1C=NC=CN1. The fraction of sp³-hybridized carbons (Fsp3) is 0.200. The van der Waals surface area contributed by atoms with Gasteiger partial charge in [-0.2, -0.15) is 0 Å². The van der Waals surface area contributed by atoms with Gasteiger partial charge in [0.2, 0.25) is 6.23 Å². The average molecular weight is 111 g/mol. The molecule has 0 saturated heterocycles. The Morgan fingerprint density at radius 3 is 3.00 bits per heavy atom. The molecule has 0 fully saturated rings. The summed E-state index contributed by atoms with van der Waals surface area (Å²) in [6, 6.07) is 0. The molecule has 3 nitrogen and oxygen atoms in total. The van der Waals surface area contributed by atoms with Gasteiger partial charge >= 0.3 is 0 Å². The van der Waals surface area contributed by atoms with Crippen molar-refractivity contribution in [2.75, 3.05) is 7.11 Å². The Bertz CT molecular complexity index is 120. The van der Waals surface area contributed by atoms with E-state index in [1.165, 1.54) is 0 Å². The lowest BCUT2D eigenvalue weighted by molar-refractivity contribution is 0.229. The van der Waals surface area contributed by atoms with E-state index in [1.54, 1.807) is 25.7 Å². The number of nitrogens with one attached hydrogen (secondary N) is 1. The Labute approximate surface area is 48.1 Å². The molecule has 0 saturated carbocycles. The fourth-order valence-electron chi connectivity index (χ4n) is 0.422. The maximum absolute atomic E-state index is 4.80. The van der Waals surface area contributed by atoms with E-state index in [9.17, 15) is 0 Å². The summed E-state index contributed by atoms with van der Waals surface area (Å²) < 4.78 is 4.80.